The normalized spacial score (nSPS) is 12.1. The zero-order valence-electron chi connectivity index (χ0n) is 17.3. The van der Waals surface area contributed by atoms with Gasteiger partial charge in [0.1, 0.15) is 18.5 Å². The lowest BCUT2D eigenvalue weighted by molar-refractivity contribution is -0.125. The maximum absolute atomic E-state index is 12.3. The van der Waals surface area contributed by atoms with E-state index in [2.05, 4.69) is 32.4 Å². The van der Waals surface area contributed by atoms with Crippen molar-refractivity contribution in [3.8, 4) is 11.8 Å². The van der Waals surface area contributed by atoms with Crippen LogP contribution >= 0.6 is 0 Å². The molecule has 8 nitrogen and oxygen atoms in total. The predicted octanol–water partition coefficient (Wildman–Crippen LogP) is 1.66. The number of carbonyl (C=O) groups is 2. The zero-order chi connectivity index (χ0) is 22.9. The van der Waals surface area contributed by atoms with Gasteiger partial charge in [-0.25, -0.2) is 4.98 Å². The average molecular weight is 430 g/mol. The Morgan fingerprint density at radius 3 is 2.25 bits per heavy atom. The minimum Gasteiger partial charge on any atom is -0.391 e. The molecule has 0 unspecified atom stereocenters. The molecule has 0 saturated heterocycles. The number of aliphatic hydroxyl groups excluding tert-OH is 2. The number of Topliss-reactive ketones (excluding diaryl/α,β-unsaturated/α-hetero) is 1. The molecule has 0 spiro atoms. The lowest BCUT2D eigenvalue weighted by atomic mass is 10.1. The second kappa shape index (κ2) is 10.8. The number of nitrogens with one attached hydrogen (secondary N) is 2. The van der Waals surface area contributed by atoms with E-state index in [4.69, 9.17) is 5.11 Å². The number of anilines is 2. The summed E-state index contributed by atoms with van der Waals surface area (Å²) in [7, 11) is 0. The van der Waals surface area contributed by atoms with Crippen LogP contribution < -0.4 is 10.6 Å². The number of hydrogen-bond donors (Lipinski definition) is 4. The van der Waals surface area contributed by atoms with E-state index < -0.39 is 30.4 Å². The molecule has 3 aromatic rings. The molecule has 2 aromatic heterocycles. The van der Waals surface area contributed by atoms with Crippen molar-refractivity contribution < 1.29 is 19.8 Å². The summed E-state index contributed by atoms with van der Waals surface area (Å²) in [4.78, 5) is 32.3. The first-order valence-electron chi connectivity index (χ1n) is 9.84. The van der Waals surface area contributed by atoms with Crippen LogP contribution in [0.5, 0.6) is 0 Å². The summed E-state index contributed by atoms with van der Waals surface area (Å²) in [5.41, 5.74) is 2.62. The Morgan fingerprint density at radius 1 is 1.00 bits per heavy atom. The van der Waals surface area contributed by atoms with Gasteiger partial charge in [-0.15, -0.1) is 0 Å². The smallest absolute Gasteiger partial charge is 0.251 e. The van der Waals surface area contributed by atoms with Gasteiger partial charge in [-0.2, -0.15) is 0 Å². The van der Waals surface area contributed by atoms with Crippen molar-refractivity contribution in [2.45, 2.75) is 19.1 Å². The van der Waals surface area contributed by atoms with Crippen molar-refractivity contribution in [3.05, 3.63) is 83.8 Å². The van der Waals surface area contributed by atoms with Crippen molar-refractivity contribution >= 4 is 23.2 Å². The van der Waals surface area contributed by atoms with Gasteiger partial charge in [-0.05, 0) is 55.5 Å². The van der Waals surface area contributed by atoms with Crippen molar-refractivity contribution in [2.75, 3.05) is 11.9 Å². The van der Waals surface area contributed by atoms with Crippen LogP contribution in [-0.2, 0) is 4.79 Å². The van der Waals surface area contributed by atoms with Crippen molar-refractivity contribution in [3.63, 3.8) is 0 Å². The molecule has 0 saturated carbocycles. The standard InChI is InChI=1S/C24H22N4O4/c1-16(30)23(21(31)15-29)28-24(32)19-7-4-17(5-8-19)2-3-18-6-9-22(26-14-18)27-20-10-12-25-13-11-20/h4-14,16,23,29-30H,15H2,1H3,(H,28,32)(H,25,26,27)/t16-,23+/m1/s1. The number of benzene rings is 1. The van der Waals surface area contributed by atoms with Gasteiger partial charge in [0.25, 0.3) is 5.91 Å². The van der Waals surface area contributed by atoms with Gasteiger partial charge in [0.2, 0.25) is 0 Å². The lowest BCUT2D eigenvalue weighted by Crippen LogP contribution is -2.48. The lowest BCUT2D eigenvalue weighted by Gasteiger charge is -2.19. The number of nitrogens with zero attached hydrogens (tertiary/aromatic N) is 2. The van der Waals surface area contributed by atoms with Crippen LogP contribution in [0, 0.1) is 11.8 Å². The Hall–Kier alpha value is -4.06. The van der Waals surface area contributed by atoms with E-state index in [0.29, 0.717) is 16.9 Å². The fraction of sp³-hybridized carbons (Fsp3) is 0.167. The fourth-order valence-corrected chi connectivity index (χ4v) is 2.77. The maximum Gasteiger partial charge on any atom is 0.251 e. The highest BCUT2D eigenvalue weighted by atomic mass is 16.3. The Balaban J connectivity index is 1.62. The van der Waals surface area contributed by atoms with E-state index in [9.17, 15) is 14.7 Å². The quantitative estimate of drug-likeness (QED) is 0.420. The van der Waals surface area contributed by atoms with E-state index in [1.807, 2.05) is 24.3 Å². The number of ketones is 1. The summed E-state index contributed by atoms with van der Waals surface area (Å²) in [6.45, 7) is 0.605. The van der Waals surface area contributed by atoms with Gasteiger partial charge in [0, 0.05) is 41.0 Å². The van der Waals surface area contributed by atoms with Crippen LogP contribution in [0.1, 0.15) is 28.4 Å². The van der Waals surface area contributed by atoms with Crippen molar-refractivity contribution in [1.29, 1.82) is 0 Å². The van der Waals surface area contributed by atoms with Crippen LogP contribution in [0.15, 0.2) is 67.1 Å². The number of pyridine rings is 2. The molecule has 8 heteroatoms. The fourth-order valence-electron chi connectivity index (χ4n) is 2.77. The van der Waals surface area contributed by atoms with E-state index in [-0.39, 0.29) is 0 Å². The number of carbonyl (C=O) groups excluding carboxylic acids is 2. The molecule has 2 atom stereocenters. The third kappa shape index (κ3) is 6.22. The van der Waals surface area contributed by atoms with E-state index >= 15 is 0 Å². The van der Waals surface area contributed by atoms with Gasteiger partial charge in [-0.1, -0.05) is 11.8 Å². The molecular formula is C24H22N4O4. The van der Waals surface area contributed by atoms with Crippen molar-refractivity contribution in [1.82, 2.24) is 15.3 Å². The number of amides is 1. The summed E-state index contributed by atoms with van der Waals surface area (Å²) in [6, 6.07) is 12.7. The van der Waals surface area contributed by atoms with Crippen LogP contribution in [0.2, 0.25) is 0 Å². The van der Waals surface area contributed by atoms with Crippen LogP contribution in [0.25, 0.3) is 0 Å². The van der Waals surface area contributed by atoms with Crippen molar-refractivity contribution in [2.24, 2.45) is 0 Å². The molecule has 1 amide bonds. The first-order valence-corrected chi connectivity index (χ1v) is 9.84. The van der Waals surface area contributed by atoms with E-state index in [0.717, 1.165) is 11.3 Å². The number of aromatic nitrogens is 2. The van der Waals surface area contributed by atoms with Crippen LogP contribution in [0.4, 0.5) is 11.5 Å². The van der Waals surface area contributed by atoms with Gasteiger partial charge in [0.15, 0.2) is 5.78 Å². The number of rotatable bonds is 7. The molecule has 3 rings (SSSR count). The molecule has 0 radical (unpaired) electrons. The summed E-state index contributed by atoms with van der Waals surface area (Å²) in [5.74, 6) is 5.52. The van der Waals surface area contributed by atoms with Gasteiger partial charge >= 0.3 is 0 Å². The largest absolute Gasteiger partial charge is 0.391 e. The minimum absolute atomic E-state index is 0.306. The molecule has 32 heavy (non-hydrogen) atoms. The maximum atomic E-state index is 12.3. The minimum atomic E-state index is -1.17. The summed E-state index contributed by atoms with van der Waals surface area (Å²) >= 11 is 0. The SMILES string of the molecule is C[C@@H](O)[C@H](NC(=O)c1ccc(C#Cc2ccc(Nc3ccncc3)nc2)cc1)C(=O)CO. The number of aliphatic hydroxyl groups is 2. The number of hydrogen-bond acceptors (Lipinski definition) is 7. The molecule has 0 fully saturated rings. The molecule has 4 N–H and O–H groups in total. The molecule has 0 aliphatic rings. The molecule has 0 aliphatic heterocycles. The molecule has 162 valence electrons. The highest BCUT2D eigenvalue weighted by molar-refractivity contribution is 5.98. The summed E-state index contributed by atoms with van der Waals surface area (Å²) in [5, 5.41) is 24.2. The molecule has 0 bridgehead atoms. The first kappa shape index (κ1) is 22.6. The monoisotopic (exact) mass is 430 g/mol. The summed E-state index contributed by atoms with van der Waals surface area (Å²) < 4.78 is 0. The average Bonchev–Trinajstić information content (AvgIpc) is 2.82. The molecular weight excluding hydrogens is 408 g/mol. The van der Waals surface area contributed by atoms with E-state index in [1.54, 1.807) is 42.9 Å². The Kier molecular flexibility index (Phi) is 7.65. The third-order valence-corrected chi connectivity index (χ3v) is 4.49. The van der Waals surface area contributed by atoms with Gasteiger partial charge < -0.3 is 20.8 Å². The van der Waals surface area contributed by atoms with Crippen LogP contribution in [-0.4, -0.2) is 50.6 Å². The predicted molar refractivity (Wildman–Crippen MR) is 119 cm³/mol. The Morgan fingerprint density at radius 2 is 1.66 bits per heavy atom. The Bertz CT molecular complexity index is 1120. The van der Waals surface area contributed by atoms with Crippen LogP contribution in [0.3, 0.4) is 0 Å². The third-order valence-electron chi connectivity index (χ3n) is 4.49. The Labute approximate surface area is 185 Å². The van der Waals surface area contributed by atoms with E-state index in [1.165, 1.54) is 6.92 Å². The highest BCUT2D eigenvalue weighted by Crippen LogP contribution is 2.13. The second-order valence-corrected chi connectivity index (χ2v) is 6.94. The second-order valence-electron chi connectivity index (χ2n) is 6.94. The molecule has 0 aliphatic carbocycles. The topological polar surface area (TPSA) is 124 Å². The molecule has 1 aromatic carbocycles. The zero-order valence-corrected chi connectivity index (χ0v) is 17.3. The summed E-state index contributed by atoms with van der Waals surface area (Å²) in [6.07, 6.45) is 3.92. The van der Waals surface area contributed by atoms with Gasteiger partial charge in [0.05, 0.1) is 6.10 Å². The highest BCUT2D eigenvalue weighted by Gasteiger charge is 2.25. The first-order chi connectivity index (χ1) is 15.5. The molecule has 2 heterocycles. The van der Waals surface area contributed by atoms with Gasteiger partial charge in [-0.3, -0.25) is 14.6 Å².